The molecule has 0 aliphatic heterocycles. The average Bonchev–Trinajstić information content (AvgIpc) is 3.51. The second-order valence-corrected chi connectivity index (χ2v) is 11.4. The number of thiophene rings is 1. The second kappa shape index (κ2) is 8.16. The molecule has 3 heterocycles. The zero-order chi connectivity index (χ0) is 22.3. The number of aromatic nitrogens is 1. The third kappa shape index (κ3) is 4.06. The first-order valence-corrected chi connectivity index (χ1v) is 13.4. The first kappa shape index (κ1) is 20.9. The van der Waals surface area contributed by atoms with E-state index in [0.717, 1.165) is 10.3 Å². The lowest BCUT2D eigenvalue weighted by Crippen LogP contribution is -2.32. The van der Waals surface area contributed by atoms with E-state index >= 15 is 0 Å². The molecular formula is C23H18N2O4S3. The summed E-state index contributed by atoms with van der Waals surface area (Å²) in [5.74, 6) is -0.0337. The van der Waals surface area contributed by atoms with E-state index in [1.807, 2.05) is 41.8 Å². The van der Waals surface area contributed by atoms with Crippen LogP contribution in [0.25, 0.3) is 21.2 Å². The topological polar surface area (TPSA) is 80.5 Å². The highest BCUT2D eigenvalue weighted by Crippen LogP contribution is 2.32. The lowest BCUT2D eigenvalue weighted by Gasteiger charge is -2.18. The number of thiazole rings is 1. The molecule has 32 heavy (non-hydrogen) atoms. The summed E-state index contributed by atoms with van der Waals surface area (Å²) in [7, 11) is -3.33. The maximum absolute atomic E-state index is 13.5. The van der Waals surface area contributed by atoms with E-state index in [1.165, 1.54) is 23.7 Å². The Hall–Kier alpha value is -3.01. The standard InChI is InChI=1S/C23H18N2O4S3/c1-32(27,28)17-8-9-18-21(14-17)31-23(24-18)25(11-10-16-6-4-12-30-16)22(26)20-13-15-5-2-3-7-19(15)29-20/h2-9,12-14H,10-11H2,1H3. The molecule has 0 spiro atoms. The summed E-state index contributed by atoms with van der Waals surface area (Å²) in [5, 5.41) is 3.37. The molecule has 0 N–H and O–H groups in total. The molecule has 3 aromatic heterocycles. The van der Waals surface area contributed by atoms with Crippen molar-refractivity contribution in [3.05, 3.63) is 76.7 Å². The van der Waals surface area contributed by atoms with Crippen molar-refractivity contribution in [2.24, 2.45) is 0 Å². The van der Waals surface area contributed by atoms with Crippen LogP contribution in [-0.4, -0.2) is 32.1 Å². The van der Waals surface area contributed by atoms with E-state index in [-0.39, 0.29) is 16.6 Å². The summed E-state index contributed by atoms with van der Waals surface area (Å²) in [6.45, 7) is 0.426. The summed E-state index contributed by atoms with van der Waals surface area (Å²) in [6, 6.07) is 18.1. The van der Waals surface area contributed by atoms with Crippen LogP contribution in [0.4, 0.5) is 5.13 Å². The highest BCUT2D eigenvalue weighted by atomic mass is 32.2. The van der Waals surface area contributed by atoms with Gasteiger partial charge in [0.25, 0.3) is 5.91 Å². The SMILES string of the molecule is CS(=O)(=O)c1ccc2nc(N(CCc3cccs3)C(=O)c3cc4ccccc4o3)sc2c1. The van der Waals surface area contributed by atoms with Crippen LogP contribution in [0.2, 0.25) is 0 Å². The Kier molecular flexibility index (Phi) is 5.32. The average molecular weight is 483 g/mol. The number of rotatable bonds is 6. The van der Waals surface area contributed by atoms with E-state index in [1.54, 1.807) is 34.4 Å². The Labute approximate surface area is 192 Å². The maximum Gasteiger partial charge on any atom is 0.295 e. The quantitative estimate of drug-likeness (QED) is 0.324. The van der Waals surface area contributed by atoms with E-state index in [0.29, 0.717) is 33.9 Å². The molecule has 0 saturated carbocycles. The van der Waals surface area contributed by atoms with Gasteiger partial charge in [-0.2, -0.15) is 0 Å². The fourth-order valence-corrected chi connectivity index (χ4v) is 5.87. The molecule has 5 aromatic rings. The van der Waals surface area contributed by atoms with Crippen molar-refractivity contribution >= 4 is 64.7 Å². The lowest BCUT2D eigenvalue weighted by molar-refractivity contribution is 0.0962. The van der Waals surface area contributed by atoms with Crippen LogP contribution in [0.5, 0.6) is 0 Å². The molecule has 6 nitrogen and oxygen atoms in total. The van der Waals surface area contributed by atoms with Gasteiger partial charge in [0.1, 0.15) is 5.58 Å². The van der Waals surface area contributed by atoms with Gasteiger partial charge in [-0.1, -0.05) is 35.6 Å². The molecule has 0 aliphatic rings. The first-order chi connectivity index (χ1) is 15.4. The lowest BCUT2D eigenvalue weighted by atomic mass is 10.2. The fourth-order valence-electron chi connectivity index (χ4n) is 3.42. The Morgan fingerprint density at radius 2 is 1.94 bits per heavy atom. The molecule has 1 amide bonds. The summed E-state index contributed by atoms with van der Waals surface area (Å²) >= 11 is 2.93. The minimum absolute atomic E-state index is 0.231. The predicted octanol–water partition coefficient (Wildman–Crippen LogP) is 5.40. The van der Waals surface area contributed by atoms with Crippen LogP contribution in [-0.2, 0) is 16.3 Å². The third-order valence-electron chi connectivity index (χ3n) is 5.05. The summed E-state index contributed by atoms with van der Waals surface area (Å²) < 4.78 is 30.4. The number of hydrogen-bond donors (Lipinski definition) is 0. The van der Waals surface area contributed by atoms with Gasteiger partial charge in [-0.25, -0.2) is 13.4 Å². The molecule has 0 bridgehead atoms. The number of sulfone groups is 1. The number of benzene rings is 2. The summed E-state index contributed by atoms with van der Waals surface area (Å²) in [6.07, 6.45) is 1.85. The summed E-state index contributed by atoms with van der Waals surface area (Å²) in [4.78, 5) is 21.1. The van der Waals surface area contributed by atoms with Gasteiger partial charge in [0.05, 0.1) is 15.1 Å². The van der Waals surface area contributed by atoms with Gasteiger partial charge in [-0.15, -0.1) is 11.3 Å². The molecule has 5 rings (SSSR count). The Bertz CT molecular complexity index is 1500. The molecule has 9 heteroatoms. The Morgan fingerprint density at radius 3 is 2.69 bits per heavy atom. The molecule has 0 saturated heterocycles. The summed E-state index contributed by atoms with van der Waals surface area (Å²) in [5.41, 5.74) is 1.30. The molecule has 0 radical (unpaired) electrons. The third-order valence-corrected chi connectivity index (χ3v) is 8.14. The van der Waals surface area contributed by atoms with Crippen molar-refractivity contribution in [2.45, 2.75) is 11.3 Å². The number of anilines is 1. The number of furan rings is 1. The van der Waals surface area contributed by atoms with Gasteiger partial charge >= 0.3 is 0 Å². The predicted molar refractivity (Wildman–Crippen MR) is 129 cm³/mol. The van der Waals surface area contributed by atoms with E-state index in [9.17, 15) is 13.2 Å². The molecule has 0 aliphatic carbocycles. The number of carbonyl (C=O) groups excluding carboxylic acids is 1. The van der Waals surface area contributed by atoms with Crippen molar-refractivity contribution in [2.75, 3.05) is 17.7 Å². The van der Waals surface area contributed by atoms with E-state index in [2.05, 4.69) is 4.98 Å². The molecule has 0 unspecified atom stereocenters. The number of carbonyl (C=O) groups is 1. The minimum Gasteiger partial charge on any atom is -0.451 e. The fraction of sp³-hybridized carbons (Fsp3) is 0.130. The van der Waals surface area contributed by atoms with Crippen LogP contribution in [0, 0.1) is 0 Å². The number of nitrogens with zero attached hydrogens (tertiary/aromatic N) is 2. The highest BCUT2D eigenvalue weighted by Gasteiger charge is 2.25. The minimum atomic E-state index is -3.33. The van der Waals surface area contributed by atoms with Crippen molar-refractivity contribution in [3.8, 4) is 0 Å². The van der Waals surface area contributed by atoms with Crippen molar-refractivity contribution in [3.63, 3.8) is 0 Å². The Morgan fingerprint density at radius 1 is 1.09 bits per heavy atom. The van der Waals surface area contributed by atoms with Crippen molar-refractivity contribution in [1.29, 1.82) is 0 Å². The highest BCUT2D eigenvalue weighted by molar-refractivity contribution is 7.90. The van der Waals surface area contributed by atoms with Crippen LogP contribution >= 0.6 is 22.7 Å². The second-order valence-electron chi connectivity index (χ2n) is 7.33. The molecule has 0 atom stereocenters. The van der Waals surface area contributed by atoms with Crippen LogP contribution in [0.3, 0.4) is 0 Å². The monoisotopic (exact) mass is 482 g/mol. The molecule has 0 fully saturated rings. The zero-order valence-electron chi connectivity index (χ0n) is 17.0. The number of fused-ring (bicyclic) bond motifs is 2. The number of amides is 1. The normalized spacial score (nSPS) is 11.9. The van der Waals surface area contributed by atoms with E-state index in [4.69, 9.17) is 4.42 Å². The number of para-hydroxylation sites is 1. The van der Waals surface area contributed by atoms with Crippen LogP contribution < -0.4 is 4.90 Å². The smallest absolute Gasteiger partial charge is 0.295 e. The van der Waals surface area contributed by atoms with E-state index < -0.39 is 9.84 Å². The van der Waals surface area contributed by atoms with Gasteiger partial charge in [-0.05, 0) is 48.2 Å². The van der Waals surface area contributed by atoms with Gasteiger partial charge in [0.2, 0.25) is 0 Å². The number of hydrogen-bond acceptors (Lipinski definition) is 7. The van der Waals surface area contributed by atoms with Gasteiger partial charge in [-0.3, -0.25) is 9.69 Å². The molecule has 162 valence electrons. The Balaban J connectivity index is 1.54. The van der Waals surface area contributed by atoms with Crippen molar-refractivity contribution < 1.29 is 17.6 Å². The van der Waals surface area contributed by atoms with Gasteiger partial charge in [0.15, 0.2) is 20.7 Å². The van der Waals surface area contributed by atoms with Crippen molar-refractivity contribution in [1.82, 2.24) is 4.98 Å². The molecule has 2 aromatic carbocycles. The van der Waals surface area contributed by atoms with Crippen LogP contribution in [0.1, 0.15) is 15.4 Å². The van der Waals surface area contributed by atoms with Gasteiger partial charge in [0, 0.05) is 23.1 Å². The first-order valence-electron chi connectivity index (χ1n) is 9.82. The molecular weight excluding hydrogens is 464 g/mol. The zero-order valence-corrected chi connectivity index (χ0v) is 19.5. The van der Waals surface area contributed by atoms with Gasteiger partial charge < -0.3 is 4.42 Å². The maximum atomic E-state index is 13.5. The largest absolute Gasteiger partial charge is 0.451 e. The van der Waals surface area contributed by atoms with Crippen LogP contribution in [0.15, 0.2) is 75.4 Å².